The average Bonchev–Trinajstić information content (AvgIpc) is 3.43. The number of carboxylic acid groups (broad SMARTS) is 1. The number of piperidine rings is 1. The van der Waals surface area contributed by atoms with E-state index in [1.165, 1.54) is 35.8 Å². The number of phenols is 1. The Kier molecular flexibility index (Phi) is 10.8. The predicted molar refractivity (Wildman–Crippen MR) is 160 cm³/mol. The van der Waals surface area contributed by atoms with Crippen LogP contribution < -0.4 is 16.0 Å². The van der Waals surface area contributed by atoms with Gasteiger partial charge in [0, 0.05) is 37.4 Å². The number of benzene rings is 1. The van der Waals surface area contributed by atoms with Crippen LogP contribution in [0.25, 0.3) is 0 Å². The van der Waals surface area contributed by atoms with Crippen molar-refractivity contribution in [3.8, 4) is 5.75 Å². The first-order chi connectivity index (χ1) is 20.5. The first-order valence-electron chi connectivity index (χ1n) is 14.2. The van der Waals surface area contributed by atoms with Crippen LogP contribution in [0.3, 0.4) is 0 Å². The second kappa shape index (κ2) is 14.3. The molecule has 0 aromatic heterocycles. The van der Waals surface area contributed by atoms with Gasteiger partial charge in [0.1, 0.15) is 36.0 Å². The average molecular weight is 636 g/mol. The fourth-order valence-electron chi connectivity index (χ4n) is 5.75. The third-order valence-electron chi connectivity index (χ3n) is 8.01. The Labute approximate surface area is 257 Å². The Morgan fingerprint density at radius 2 is 1.65 bits per heavy atom. The number of carbonyl (C=O) groups is 6. The summed E-state index contributed by atoms with van der Waals surface area (Å²) in [4.78, 5) is 80.9. The van der Waals surface area contributed by atoms with Crippen molar-refractivity contribution in [1.82, 2.24) is 25.8 Å². The fourth-order valence-corrected chi connectivity index (χ4v) is 8.07. The lowest BCUT2D eigenvalue weighted by Crippen LogP contribution is -2.60. The van der Waals surface area contributed by atoms with Crippen molar-refractivity contribution in [3.05, 3.63) is 29.8 Å². The summed E-state index contributed by atoms with van der Waals surface area (Å²) >= 11 is 0. The van der Waals surface area contributed by atoms with Gasteiger partial charge in [0.05, 0.1) is 0 Å². The minimum Gasteiger partial charge on any atom is -0.508 e. The van der Waals surface area contributed by atoms with Crippen LogP contribution in [0.15, 0.2) is 24.3 Å². The highest BCUT2D eigenvalue weighted by molar-refractivity contribution is 8.76. The summed E-state index contributed by atoms with van der Waals surface area (Å²) in [5.74, 6) is -3.95. The Balaban J connectivity index is 1.57. The van der Waals surface area contributed by atoms with Gasteiger partial charge in [-0.25, -0.2) is 4.79 Å². The van der Waals surface area contributed by atoms with E-state index < -0.39 is 59.8 Å². The zero-order valence-corrected chi connectivity index (χ0v) is 25.6. The monoisotopic (exact) mass is 635 g/mol. The van der Waals surface area contributed by atoms with Gasteiger partial charge in [-0.15, -0.1) is 0 Å². The molecule has 1 aromatic carbocycles. The van der Waals surface area contributed by atoms with Crippen LogP contribution in [0.5, 0.6) is 5.75 Å². The first kappa shape index (κ1) is 32.5. The molecule has 3 aliphatic heterocycles. The molecule has 0 bridgehead atoms. The maximum atomic E-state index is 13.8. The quantitative estimate of drug-likeness (QED) is 0.291. The lowest BCUT2D eigenvalue weighted by molar-refractivity contribution is -0.147. The van der Waals surface area contributed by atoms with Crippen LogP contribution in [0.4, 0.5) is 0 Å². The number of hydrogen-bond donors (Lipinski definition) is 5. The van der Waals surface area contributed by atoms with Gasteiger partial charge in [-0.1, -0.05) is 33.7 Å². The van der Waals surface area contributed by atoms with E-state index in [1.807, 2.05) is 0 Å². The summed E-state index contributed by atoms with van der Waals surface area (Å²) in [6.45, 7) is 3.51. The molecule has 4 rings (SSSR count). The number of aromatic hydroxyl groups is 1. The van der Waals surface area contributed by atoms with Crippen molar-refractivity contribution < 1.29 is 39.0 Å². The molecule has 0 saturated carbocycles. The van der Waals surface area contributed by atoms with Crippen LogP contribution >= 0.6 is 21.6 Å². The lowest BCUT2D eigenvalue weighted by Gasteiger charge is -2.37. The highest BCUT2D eigenvalue weighted by atomic mass is 33.1. The smallest absolute Gasteiger partial charge is 0.327 e. The predicted octanol–water partition coefficient (Wildman–Crippen LogP) is 0.432. The van der Waals surface area contributed by atoms with Crippen LogP contribution in [0, 0.1) is 0 Å². The molecule has 5 N–H and O–H groups in total. The molecular weight excluding hydrogens is 598 g/mol. The van der Waals surface area contributed by atoms with E-state index in [4.69, 9.17) is 0 Å². The molecular formula is C28H37N5O8S2. The van der Waals surface area contributed by atoms with E-state index in [1.54, 1.807) is 12.1 Å². The number of nitrogens with one attached hydrogen (secondary N) is 3. The van der Waals surface area contributed by atoms with Crippen LogP contribution in [0.1, 0.15) is 51.0 Å². The minimum absolute atomic E-state index is 0.00520. The molecule has 6 atom stereocenters. The van der Waals surface area contributed by atoms with Crippen molar-refractivity contribution in [2.24, 2.45) is 0 Å². The van der Waals surface area contributed by atoms with E-state index in [-0.39, 0.29) is 29.1 Å². The second-order valence-corrected chi connectivity index (χ2v) is 13.5. The number of nitrogens with zero attached hydrogens (tertiary/aromatic N) is 2. The van der Waals surface area contributed by atoms with Gasteiger partial charge in [0.25, 0.3) is 0 Å². The molecule has 0 aliphatic carbocycles. The van der Waals surface area contributed by atoms with Gasteiger partial charge in [-0.3, -0.25) is 24.0 Å². The molecule has 13 nitrogen and oxygen atoms in total. The van der Waals surface area contributed by atoms with E-state index in [2.05, 4.69) is 16.0 Å². The largest absolute Gasteiger partial charge is 0.508 e. The number of phenolic OH excluding ortho intramolecular Hbond substituents is 1. The van der Waals surface area contributed by atoms with Crippen LogP contribution in [0.2, 0.25) is 0 Å². The minimum atomic E-state index is -1.22. The molecule has 43 heavy (non-hydrogen) atoms. The highest BCUT2D eigenvalue weighted by Crippen LogP contribution is 2.35. The molecule has 3 heterocycles. The van der Waals surface area contributed by atoms with E-state index in [0.29, 0.717) is 38.8 Å². The molecule has 3 aliphatic rings. The SMILES string of the molecule is CC(=O)N1CC[C@@H](c2ccc(O)cc2)[C@H]1C(=O)N[C@H]1CSSC[C@@H](C(=O)O)NC(=O)[C@@H]2CCCCN2C(=O)[C@H](C)NC1=O. The lowest BCUT2D eigenvalue weighted by atomic mass is 9.91. The van der Waals surface area contributed by atoms with Crippen molar-refractivity contribution in [2.75, 3.05) is 24.6 Å². The van der Waals surface area contributed by atoms with Gasteiger partial charge < -0.3 is 36.0 Å². The van der Waals surface area contributed by atoms with E-state index in [9.17, 15) is 39.0 Å². The van der Waals surface area contributed by atoms with Gasteiger partial charge in [0.2, 0.25) is 29.5 Å². The molecule has 0 spiro atoms. The van der Waals surface area contributed by atoms with Crippen LogP contribution in [-0.4, -0.2) is 110 Å². The molecule has 3 fully saturated rings. The summed E-state index contributed by atoms with van der Waals surface area (Å²) in [6.07, 6.45) is 2.25. The summed E-state index contributed by atoms with van der Waals surface area (Å²) in [5, 5.41) is 27.4. The summed E-state index contributed by atoms with van der Waals surface area (Å²) < 4.78 is 0. The summed E-state index contributed by atoms with van der Waals surface area (Å²) in [7, 11) is 2.29. The fraction of sp³-hybridized carbons (Fsp3) is 0.571. The summed E-state index contributed by atoms with van der Waals surface area (Å²) in [6, 6.07) is 1.34. The van der Waals surface area contributed by atoms with Crippen molar-refractivity contribution in [2.45, 2.75) is 75.7 Å². The molecule has 0 unspecified atom stereocenters. The third-order valence-corrected chi connectivity index (χ3v) is 10.4. The molecule has 0 radical (unpaired) electrons. The topological polar surface area (TPSA) is 185 Å². The maximum absolute atomic E-state index is 13.8. The number of fused-ring (bicyclic) bond motifs is 1. The Morgan fingerprint density at radius 3 is 2.33 bits per heavy atom. The Hall–Kier alpha value is -3.46. The van der Waals surface area contributed by atoms with Gasteiger partial charge in [-0.2, -0.15) is 0 Å². The van der Waals surface area contributed by atoms with E-state index in [0.717, 1.165) is 27.2 Å². The summed E-state index contributed by atoms with van der Waals surface area (Å²) in [5.41, 5.74) is 0.763. The number of aliphatic carboxylic acids is 1. The van der Waals surface area contributed by atoms with E-state index >= 15 is 0 Å². The molecule has 15 heteroatoms. The van der Waals surface area contributed by atoms with Gasteiger partial charge >= 0.3 is 5.97 Å². The molecule has 234 valence electrons. The van der Waals surface area contributed by atoms with Crippen molar-refractivity contribution in [1.29, 1.82) is 0 Å². The number of likely N-dealkylation sites (tertiary alicyclic amines) is 1. The molecule has 1 aromatic rings. The van der Waals surface area contributed by atoms with Gasteiger partial charge in [0.15, 0.2) is 0 Å². The number of carbonyl (C=O) groups excluding carboxylic acids is 5. The number of carboxylic acids is 1. The first-order valence-corrected chi connectivity index (χ1v) is 16.7. The molecule has 5 amide bonds. The van der Waals surface area contributed by atoms with Gasteiger partial charge in [-0.05, 0) is 50.3 Å². The normalized spacial score (nSPS) is 29.1. The third kappa shape index (κ3) is 7.74. The van der Waals surface area contributed by atoms with Crippen molar-refractivity contribution in [3.63, 3.8) is 0 Å². The molecule has 3 saturated heterocycles. The van der Waals surface area contributed by atoms with Crippen molar-refractivity contribution >= 4 is 57.1 Å². The second-order valence-electron chi connectivity index (χ2n) is 10.9. The zero-order valence-electron chi connectivity index (χ0n) is 24.0. The number of hydrogen-bond acceptors (Lipinski definition) is 9. The Morgan fingerprint density at radius 1 is 0.953 bits per heavy atom. The number of amides is 5. The standard InChI is InChI=1S/C28H37N5O8S2/c1-15-27(39)33-11-4-3-5-22(33)25(37)31-21(28(40)41)14-43-42-13-20(24(36)29-15)30-26(38)23-19(10-12-32(23)16(2)34)17-6-8-18(35)9-7-17/h6-9,15,19-23,35H,3-5,10-14H2,1-2H3,(H,29,36)(H,30,38)(H,31,37)(H,40,41)/t15-,19-,20-,21-,22-,23-/m0/s1. The highest BCUT2D eigenvalue weighted by Gasteiger charge is 2.43. The number of rotatable bonds is 4. The maximum Gasteiger partial charge on any atom is 0.327 e. The Bertz CT molecular complexity index is 1250. The zero-order chi connectivity index (χ0) is 31.3. The van der Waals surface area contributed by atoms with Crippen LogP contribution in [-0.2, 0) is 28.8 Å².